The van der Waals surface area contributed by atoms with Crippen LogP contribution in [0.1, 0.15) is 40.7 Å². The van der Waals surface area contributed by atoms with Gasteiger partial charge in [0.25, 0.3) is 0 Å². The van der Waals surface area contributed by atoms with Gasteiger partial charge in [0.2, 0.25) is 5.91 Å². The van der Waals surface area contributed by atoms with Crippen LogP contribution in [0.4, 0.5) is 0 Å². The zero-order valence-electron chi connectivity index (χ0n) is 13.9. The third-order valence-electron chi connectivity index (χ3n) is 5.00. The van der Waals surface area contributed by atoms with Crippen molar-refractivity contribution in [3.05, 3.63) is 45.7 Å². The predicted octanol–water partition coefficient (Wildman–Crippen LogP) is 2.21. The van der Waals surface area contributed by atoms with Crippen molar-refractivity contribution < 1.29 is 4.79 Å². The van der Waals surface area contributed by atoms with E-state index in [-0.39, 0.29) is 17.7 Å². The molecule has 122 valence electrons. The zero-order valence-corrected chi connectivity index (χ0v) is 14.7. The van der Waals surface area contributed by atoms with Crippen LogP contribution in [0.25, 0.3) is 0 Å². The van der Waals surface area contributed by atoms with Gasteiger partial charge in [-0.25, -0.2) is 4.98 Å². The smallest absolute Gasteiger partial charge is 0.238 e. The Hall–Kier alpha value is -1.79. The molecule has 23 heavy (non-hydrogen) atoms. The fourth-order valence-corrected chi connectivity index (χ4v) is 4.57. The Morgan fingerprint density at radius 1 is 1.39 bits per heavy atom. The van der Waals surface area contributed by atoms with E-state index < -0.39 is 5.54 Å². The number of likely N-dealkylation sites (N-methyl/N-ethyl adjacent to an activating group) is 1. The van der Waals surface area contributed by atoms with Gasteiger partial charge in [0.05, 0.1) is 5.01 Å². The maximum Gasteiger partial charge on any atom is 0.238 e. The molecule has 2 aromatic rings. The van der Waals surface area contributed by atoms with Crippen molar-refractivity contribution in [1.82, 2.24) is 14.9 Å². The van der Waals surface area contributed by atoms with Crippen LogP contribution < -0.4 is 5.73 Å². The minimum absolute atomic E-state index is 0.0310. The average Bonchev–Trinajstić information content (AvgIpc) is 3.06. The predicted molar refractivity (Wildman–Crippen MR) is 91.5 cm³/mol. The van der Waals surface area contributed by atoms with Crippen molar-refractivity contribution in [3.63, 3.8) is 0 Å². The molecule has 2 N–H and O–H groups in total. The fraction of sp³-hybridized carbons (Fsp3) is 0.471. The lowest BCUT2D eigenvalue weighted by Gasteiger charge is -2.35. The molecule has 3 rings (SSSR count). The second kappa shape index (κ2) is 5.69. The summed E-state index contributed by atoms with van der Waals surface area (Å²) in [6, 6.07) is 4.14. The highest BCUT2D eigenvalue weighted by Crippen LogP contribution is 2.50. The summed E-state index contributed by atoms with van der Waals surface area (Å²) in [6.45, 7) is 6.67. The molecule has 3 heterocycles. The molecular formula is C17H22N4OS. The summed E-state index contributed by atoms with van der Waals surface area (Å²) in [5.41, 5.74) is 8.12. The molecule has 6 heteroatoms. The zero-order chi connectivity index (χ0) is 16.8. The van der Waals surface area contributed by atoms with E-state index in [0.29, 0.717) is 0 Å². The lowest BCUT2D eigenvalue weighted by atomic mass is 9.76. The third kappa shape index (κ3) is 2.56. The number of aromatic nitrogens is 2. The van der Waals surface area contributed by atoms with Gasteiger partial charge in [-0.05, 0) is 45.5 Å². The first kappa shape index (κ1) is 16.1. The van der Waals surface area contributed by atoms with E-state index in [1.807, 2.05) is 39.4 Å². The van der Waals surface area contributed by atoms with Crippen LogP contribution in [-0.2, 0) is 4.79 Å². The Bertz CT molecular complexity index is 710. The van der Waals surface area contributed by atoms with E-state index >= 15 is 0 Å². The summed E-state index contributed by atoms with van der Waals surface area (Å²) in [6.07, 6.45) is 1.82. The molecule has 0 aliphatic carbocycles. The highest BCUT2D eigenvalue weighted by Gasteiger charge is 2.54. The maximum absolute atomic E-state index is 12.4. The van der Waals surface area contributed by atoms with Crippen LogP contribution in [0.3, 0.4) is 0 Å². The van der Waals surface area contributed by atoms with Gasteiger partial charge in [-0.15, -0.1) is 11.3 Å². The number of primary amides is 1. The molecule has 0 saturated carbocycles. The molecule has 1 saturated heterocycles. The molecule has 3 unspecified atom stereocenters. The van der Waals surface area contributed by atoms with Gasteiger partial charge in [-0.3, -0.25) is 14.7 Å². The van der Waals surface area contributed by atoms with Gasteiger partial charge in [0.15, 0.2) is 0 Å². The first-order chi connectivity index (χ1) is 10.8. The monoisotopic (exact) mass is 330 g/mol. The van der Waals surface area contributed by atoms with Crippen LogP contribution in [0.5, 0.6) is 0 Å². The van der Waals surface area contributed by atoms with Crippen molar-refractivity contribution in [2.75, 3.05) is 13.6 Å². The molecule has 1 amide bonds. The normalized spacial score (nSPS) is 28.2. The molecule has 0 spiro atoms. The minimum Gasteiger partial charge on any atom is -0.368 e. The number of nitrogens with zero attached hydrogens (tertiary/aromatic N) is 3. The van der Waals surface area contributed by atoms with E-state index in [0.717, 1.165) is 28.5 Å². The van der Waals surface area contributed by atoms with Gasteiger partial charge in [0, 0.05) is 41.3 Å². The highest BCUT2D eigenvalue weighted by molar-refractivity contribution is 7.09. The summed E-state index contributed by atoms with van der Waals surface area (Å²) in [5.74, 6) is -0.175. The minimum atomic E-state index is -0.740. The standard InChI is InChI=1S/C17H22N4OS/c1-10-7-12(8-11(2)20-10)14-13(15-19-5-6-23-15)9-21(4)17(14,3)16(18)22/h5-8,13-14H,9H2,1-4H3,(H2,18,22). The molecule has 1 aliphatic heterocycles. The quantitative estimate of drug-likeness (QED) is 0.936. The van der Waals surface area contributed by atoms with E-state index in [1.165, 1.54) is 0 Å². The summed E-state index contributed by atoms with van der Waals surface area (Å²) in [7, 11) is 1.96. The fourth-order valence-electron chi connectivity index (χ4n) is 3.80. The SMILES string of the molecule is Cc1cc(C2C(c3nccs3)CN(C)C2(C)C(N)=O)cc(C)n1. The number of carbonyl (C=O) groups excluding carboxylic acids is 1. The van der Waals surface area contributed by atoms with E-state index in [1.54, 1.807) is 11.3 Å². The summed E-state index contributed by atoms with van der Waals surface area (Å²) >= 11 is 1.64. The Kier molecular flexibility index (Phi) is 3.98. The van der Waals surface area contributed by atoms with Gasteiger partial charge in [0.1, 0.15) is 5.54 Å². The summed E-state index contributed by atoms with van der Waals surface area (Å²) in [4.78, 5) is 23.4. The Balaban J connectivity index is 2.17. The molecular weight excluding hydrogens is 308 g/mol. The van der Waals surface area contributed by atoms with Gasteiger partial charge in [-0.1, -0.05) is 0 Å². The van der Waals surface area contributed by atoms with E-state index in [4.69, 9.17) is 5.73 Å². The number of carbonyl (C=O) groups is 1. The van der Waals surface area contributed by atoms with Crippen LogP contribution in [0, 0.1) is 13.8 Å². The second-order valence-electron chi connectivity index (χ2n) is 6.53. The number of hydrogen-bond acceptors (Lipinski definition) is 5. The number of aryl methyl sites for hydroxylation is 2. The second-order valence-corrected chi connectivity index (χ2v) is 7.46. The van der Waals surface area contributed by atoms with Gasteiger partial charge in [-0.2, -0.15) is 0 Å². The summed E-state index contributed by atoms with van der Waals surface area (Å²) in [5, 5.41) is 3.04. The van der Waals surface area contributed by atoms with E-state index in [9.17, 15) is 4.79 Å². The van der Waals surface area contributed by atoms with Gasteiger partial charge < -0.3 is 5.73 Å². The van der Waals surface area contributed by atoms with Crippen LogP contribution >= 0.6 is 11.3 Å². The van der Waals surface area contributed by atoms with Crippen LogP contribution in [0.15, 0.2) is 23.7 Å². The maximum atomic E-state index is 12.4. The van der Waals surface area contributed by atoms with Crippen molar-refractivity contribution in [1.29, 1.82) is 0 Å². The van der Waals surface area contributed by atoms with Crippen molar-refractivity contribution in [2.24, 2.45) is 5.73 Å². The van der Waals surface area contributed by atoms with E-state index in [2.05, 4.69) is 27.0 Å². The topological polar surface area (TPSA) is 72.1 Å². The number of thiazole rings is 1. The number of rotatable bonds is 3. The molecule has 1 aliphatic rings. The number of nitrogens with two attached hydrogens (primary N) is 1. The number of hydrogen-bond donors (Lipinski definition) is 1. The highest BCUT2D eigenvalue weighted by atomic mass is 32.1. The first-order valence-corrected chi connectivity index (χ1v) is 8.57. The molecule has 5 nitrogen and oxygen atoms in total. The number of pyridine rings is 1. The van der Waals surface area contributed by atoms with Crippen LogP contribution in [0.2, 0.25) is 0 Å². The lowest BCUT2D eigenvalue weighted by Crippen LogP contribution is -2.53. The molecule has 2 aromatic heterocycles. The molecule has 0 bridgehead atoms. The van der Waals surface area contributed by atoms with Crippen LogP contribution in [-0.4, -0.2) is 39.9 Å². The number of likely N-dealkylation sites (tertiary alicyclic amines) is 1. The average molecular weight is 330 g/mol. The Morgan fingerprint density at radius 2 is 2.04 bits per heavy atom. The largest absolute Gasteiger partial charge is 0.368 e. The summed E-state index contributed by atoms with van der Waals surface area (Å²) < 4.78 is 0. The molecule has 1 fully saturated rings. The molecule has 0 aromatic carbocycles. The van der Waals surface area contributed by atoms with Crippen molar-refractivity contribution in [2.45, 2.75) is 38.1 Å². The van der Waals surface area contributed by atoms with Crippen molar-refractivity contribution >= 4 is 17.2 Å². The number of amides is 1. The van der Waals surface area contributed by atoms with Crippen molar-refractivity contribution in [3.8, 4) is 0 Å². The molecule has 0 radical (unpaired) electrons. The Morgan fingerprint density at radius 3 is 2.57 bits per heavy atom. The first-order valence-electron chi connectivity index (χ1n) is 7.69. The lowest BCUT2D eigenvalue weighted by molar-refractivity contribution is -0.127. The van der Waals surface area contributed by atoms with Gasteiger partial charge >= 0.3 is 0 Å². The molecule has 3 atom stereocenters. The Labute approximate surface area is 140 Å². The third-order valence-corrected chi connectivity index (χ3v) is 5.91.